The van der Waals surface area contributed by atoms with Gasteiger partial charge in [0.25, 0.3) is 5.91 Å². The van der Waals surface area contributed by atoms with Crippen molar-refractivity contribution in [3.63, 3.8) is 0 Å². The second-order valence-electron chi connectivity index (χ2n) is 7.48. The summed E-state index contributed by atoms with van der Waals surface area (Å²) in [4.78, 5) is 19.1. The van der Waals surface area contributed by atoms with Crippen molar-refractivity contribution >= 4 is 53.1 Å². The number of hydrogen-bond donors (Lipinski definition) is 2. The number of hydrogen-bond acceptors (Lipinski definition) is 3. The summed E-state index contributed by atoms with van der Waals surface area (Å²) in [7, 11) is 3.98. The van der Waals surface area contributed by atoms with Gasteiger partial charge < -0.3 is 24.8 Å². The molecule has 170 valence electrons. The third-order valence-electron chi connectivity index (χ3n) is 5.00. The number of nitrogens with one attached hydrogen (secondary N) is 2. The molecule has 1 aliphatic heterocycles. The van der Waals surface area contributed by atoms with E-state index in [0.717, 1.165) is 47.3 Å². The third-order valence-corrected chi connectivity index (χ3v) is 5.20. The first kappa shape index (κ1) is 25.5. The number of anilines is 1. The summed E-state index contributed by atoms with van der Waals surface area (Å²) in [5.74, 6) is 0.728. The van der Waals surface area contributed by atoms with Crippen molar-refractivity contribution < 1.29 is 9.53 Å². The smallest absolute Gasteiger partial charge is 0.253 e. The number of ether oxygens (including phenoxy) is 1. The van der Waals surface area contributed by atoms with Crippen molar-refractivity contribution in [2.24, 2.45) is 12.0 Å². The highest BCUT2D eigenvalue weighted by atomic mass is 127. The van der Waals surface area contributed by atoms with Gasteiger partial charge in [0.2, 0.25) is 0 Å². The van der Waals surface area contributed by atoms with Crippen molar-refractivity contribution in [3.8, 4) is 0 Å². The molecule has 2 heterocycles. The van der Waals surface area contributed by atoms with Crippen molar-refractivity contribution in [1.29, 1.82) is 0 Å². The van der Waals surface area contributed by atoms with E-state index >= 15 is 0 Å². The molecular formula is C22H31ClIN5O2. The zero-order chi connectivity index (χ0) is 21.5. The van der Waals surface area contributed by atoms with Crippen molar-refractivity contribution in [2.75, 3.05) is 25.5 Å². The van der Waals surface area contributed by atoms with Crippen LogP contribution >= 0.6 is 35.6 Å². The second-order valence-corrected chi connectivity index (χ2v) is 7.91. The van der Waals surface area contributed by atoms with Gasteiger partial charge in [0.05, 0.1) is 18.1 Å². The highest BCUT2D eigenvalue weighted by Gasteiger charge is 2.23. The van der Waals surface area contributed by atoms with Gasteiger partial charge in [0, 0.05) is 44.8 Å². The quantitative estimate of drug-likeness (QED) is 0.306. The van der Waals surface area contributed by atoms with E-state index in [2.05, 4.69) is 15.5 Å². The molecule has 2 N–H and O–H groups in total. The number of aliphatic imine (C=N–C) groups is 1. The fraction of sp³-hybridized carbons (Fsp3) is 0.455. The Kier molecular flexibility index (Phi) is 10.1. The Morgan fingerprint density at radius 3 is 2.84 bits per heavy atom. The van der Waals surface area contributed by atoms with E-state index in [4.69, 9.17) is 21.3 Å². The van der Waals surface area contributed by atoms with Crippen LogP contribution in [-0.4, -0.2) is 47.6 Å². The average Bonchev–Trinajstić information content (AvgIpc) is 3.35. The zero-order valence-electron chi connectivity index (χ0n) is 18.2. The summed E-state index contributed by atoms with van der Waals surface area (Å²) in [5.41, 5.74) is 2.89. The molecule has 3 rings (SSSR count). The van der Waals surface area contributed by atoms with E-state index in [1.807, 2.05) is 62.1 Å². The van der Waals surface area contributed by atoms with E-state index in [1.165, 1.54) is 0 Å². The van der Waals surface area contributed by atoms with Crippen LogP contribution in [-0.2, 0) is 29.7 Å². The fourth-order valence-electron chi connectivity index (χ4n) is 3.43. The molecule has 7 nitrogen and oxygen atoms in total. The molecular weight excluding hydrogens is 529 g/mol. The molecule has 0 saturated carbocycles. The summed E-state index contributed by atoms with van der Waals surface area (Å²) < 4.78 is 7.47. The molecule has 1 aliphatic rings. The lowest BCUT2D eigenvalue weighted by molar-refractivity contribution is -0.124. The number of aryl methyl sites for hydroxylation is 1. The summed E-state index contributed by atoms with van der Waals surface area (Å²) in [6.07, 6.45) is 3.26. The minimum atomic E-state index is -0.341. The number of benzene rings is 1. The first-order chi connectivity index (χ1) is 14.5. The molecule has 1 atom stereocenters. The maximum absolute atomic E-state index is 12.3. The van der Waals surface area contributed by atoms with Crippen LogP contribution in [0.25, 0.3) is 0 Å². The van der Waals surface area contributed by atoms with Crippen LogP contribution in [0.3, 0.4) is 0 Å². The van der Waals surface area contributed by atoms with Gasteiger partial charge in [-0.25, -0.2) is 4.99 Å². The van der Waals surface area contributed by atoms with Gasteiger partial charge in [-0.1, -0.05) is 23.7 Å². The maximum Gasteiger partial charge on any atom is 0.253 e. The Morgan fingerprint density at radius 1 is 1.39 bits per heavy atom. The molecule has 0 radical (unpaired) electrons. The van der Waals surface area contributed by atoms with E-state index in [0.29, 0.717) is 19.7 Å². The molecule has 1 aromatic carbocycles. The monoisotopic (exact) mass is 559 g/mol. The predicted molar refractivity (Wildman–Crippen MR) is 136 cm³/mol. The Hall–Kier alpha value is -1.78. The summed E-state index contributed by atoms with van der Waals surface area (Å²) in [5, 5.41) is 7.00. The Morgan fingerprint density at radius 2 is 2.19 bits per heavy atom. The topological polar surface area (TPSA) is 70.9 Å². The molecule has 0 bridgehead atoms. The molecule has 1 aromatic heterocycles. The first-order valence-corrected chi connectivity index (χ1v) is 10.7. The van der Waals surface area contributed by atoms with Crippen LogP contribution in [0.2, 0.25) is 5.02 Å². The lowest BCUT2D eigenvalue weighted by Crippen LogP contribution is -2.38. The lowest BCUT2D eigenvalue weighted by Gasteiger charge is -2.22. The Bertz CT molecular complexity index is 896. The normalized spacial score (nSPS) is 16.0. The Labute approximate surface area is 206 Å². The minimum Gasteiger partial charge on any atom is -0.368 e. The number of rotatable bonds is 7. The van der Waals surface area contributed by atoms with Crippen LogP contribution in [0.4, 0.5) is 5.69 Å². The third kappa shape index (κ3) is 7.40. The van der Waals surface area contributed by atoms with Crippen molar-refractivity contribution in [2.45, 2.75) is 39.0 Å². The number of carbonyl (C=O) groups excluding carboxylic acids is 1. The second kappa shape index (κ2) is 12.3. The van der Waals surface area contributed by atoms with E-state index in [1.54, 1.807) is 0 Å². The molecule has 2 aromatic rings. The van der Waals surface area contributed by atoms with Crippen LogP contribution in [0.15, 0.2) is 41.5 Å². The largest absolute Gasteiger partial charge is 0.368 e. The molecule has 1 unspecified atom stereocenters. The van der Waals surface area contributed by atoms with Gasteiger partial charge in [0.1, 0.15) is 6.10 Å². The standard InChI is InChI=1S/C22H30ClN5O2.HI/c1-4-24-22(28(3)15-19-12-17(23)14-27(19)2)25-13-16-7-5-8-18(11-16)26-21(29)20-9-6-10-30-20;/h5,7-8,11-12,14,20H,4,6,9-10,13,15H2,1-3H3,(H,24,25)(H,26,29);1H. The summed E-state index contributed by atoms with van der Waals surface area (Å²) in [6.45, 7) is 4.66. The highest BCUT2D eigenvalue weighted by Crippen LogP contribution is 2.17. The van der Waals surface area contributed by atoms with E-state index < -0.39 is 0 Å². The van der Waals surface area contributed by atoms with Gasteiger partial charge in [-0.05, 0) is 43.5 Å². The SMILES string of the molecule is CCNC(=NCc1cccc(NC(=O)C2CCCO2)c1)N(C)Cc1cc(Cl)cn1C.I. The Balaban J connectivity index is 0.00000341. The van der Waals surface area contributed by atoms with Gasteiger partial charge in [-0.2, -0.15) is 0 Å². The number of carbonyl (C=O) groups is 1. The van der Waals surface area contributed by atoms with Crippen molar-refractivity contribution in [1.82, 2.24) is 14.8 Å². The molecule has 9 heteroatoms. The van der Waals surface area contributed by atoms with E-state index in [-0.39, 0.29) is 36.0 Å². The molecule has 0 spiro atoms. The molecule has 1 saturated heterocycles. The lowest BCUT2D eigenvalue weighted by atomic mass is 10.2. The predicted octanol–water partition coefficient (Wildman–Crippen LogP) is 4.01. The van der Waals surface area contributed by atoms with Gasteiger partial charge in [0.15, 0.2) is 5.96 Å². The first-order valence-electron chi connectivity index (χ1n) is 10.3. The number of aromatic nitrogens is 1. The number of amides is 1. The van der Waals surface area contributed by atoms with Crippen molar-refractivity contribution in [3.05, 3.63) is 52.8 Å². The summed E-state index contributed by atoms with van der Waals surface area (Å²) in [6, 6.07) is 9.74. The summed E-state index contributed by atoms with van der Waals surface area (Å²) >= 11 is 6.10. The molecule has 1 amide bonds. The number of guanidine groups is 1. The number of nitrogens with zero attached hydrogens (tertiary/aromatic N) is 3. The van der Waals surface area contributed by atoms with Gasteiger partial charge in [-0.15, -0.1) is 24.0 Å². The van der Waals surface area contributed by atoms with E-state index in [9.17, 15) is 4.79 Å². The van der Waals surface area contributed by atoms with Crippen LogP contribution in [0.1, 0.15) is 31.0 Å². The van der Waals surface area contributed by atoms with Gasteiger partial charge in [-0.3, -0.25) is 4.79 Å². The minimum absolute atomic E-state index is 0. The zero-order valence-corrected chi connectivity index (χ0v) is 21.3. The number of halogens is 2. The van der Waals surface area contributed by atoms with Crippen LogP contribution < -0.4 is 10.6 Å². The van der Waals surface area contributed by atoms with Gasteiger partial charge >= 0.3 is 0 Å². The molecule has 0 aliphatic carbocycles. The fourth-order valence-corrected chi connectivity index (χ4v) is 3.70. The van der Waals surface area contributed by atoms with Crippen LogP contribution in [0.5, 0.6) is 0 Å². The average molecular weight is 560 g/mol. The highest BCUT2D eigenvalue weighted by molar-refractivity contribution is 14.0. The molecule has 31 heavy (non-hydrogen) atoms. The van der Waals surface area contributed by atoms with Crippen LogP contribution in [0, 0.1) is 0 Å². The molecule has 1 fully saturated rings. The maximum atomic E-state index is 12.3.